The number of phosphoric acid groups is 1. The number of hydrogen-bond acceptors (Lipinski definition) is 20. The molecule has 0 aliphatic carbocycles. The van der Waals surface area contributed by atoms with Crippen LogP contribution in [0.3, 0.4) is 0 Å². The average Bonchev–Trinajstić information content (AvgIpc) is 3.83. The molecule has 28 heteroatoms. The summed E-state index contributed by atoms with van der Waals surface area (Å²) < 4.78 is 85.5. The van der Waals surface area contributed by atoms with Crippen LogP contribution in [0.25, 0.3) is 22.3 Å². The molecule has 2 bridgehead atoms. The first-order chi connectivity index (χ1) is 25.3. The molecule has 3 aliphatic heterocycles. The fraction of sp³-hybridized carbons (Fsp3) is 0.577. The maximum Gasteiger partial charge on any atom is 0.472 e. The number of H-pyrrole nitrogens is 2. The van der Waals surface area contributed by atoms with Gasteiger partial charge in [-0.2, -0.15) is 9.97 Å². The molecule has 0 amide bonds. The van der Waals surface area contributed by atoms with Crippen molar-refractivity contribution in [1.82, 2.24) is 39.0 Å². The number of nitrogens with zero attached hydrogens (tertiary/aromatic N) is 6. The van der Waals surface area contributed by atoms with Crippen molar-refractivity contribution in [1.29, 1.82) is 0 Å². The Hall–Kier alpha value is -3.81. The minimum absolute atomic E-state index is 0.143. The topological polar surface area (TPSA) is 335 Å². The van der Waals surface area contributed by atoms with E-state index in [2.05, 4.69) is 29.9 Å². The highest BCUT2D eigenvalue weighted by Gasteiger charge is 2.55. The fourth-order valence-electron chi connectivity index (χ4n) is 5.75. The third-order valence-electron chi connectivity index (χ3n) is 8.35. The van der Waals surface area contributed by atoms with Crippen LogP contribution in [0.4, 0.5) is 16.3 Å². The van der Waals surface area contributed by atoms with Crippen LogP contribution in [-0.2, 0) is 46.2 Å². The SMILES string of the molecule is CC(C)(C)C(=O)OCSP1(=O)OC[C@H]2O[C@@H](n3cnc4c(=O)[nH]c(N)nc43)[C@@H](F)C2OP(=O)(O)OC[C@H]2O[C@@H](n3cnc4c(=O)[nH]c(N)nc43)[C@@H](O1)C2O. The molecular formula is C26H33FN10O14P2S. The molecule has 0 aromatic carbocycles. The van der Waals surface area contributed by atoms with Crippen LogP contribution < -0.4 is 22.6 Å². The van der Waals surface area contributed by atoms with Gasteiger partial charge in [0.05, 0.1) is 31.3 Å². The standard InChI is InChI=1S/C26H33FN10O14P2S/c1-26(2,3)23(41)45-8-54-53(44)47-5-10-15(11(27)21(49-10)36-6-30-12-17(36)32-24(28)34-19(12)39)50-52(42,43)46-4-9-14(38)16(51-53)22(48-9)37-7-31-13-18(37)33-25(29)35-20(13)40/h6-7,9-11,14-16,21-22,38H,4-5,8H2,1-3H3,(H,42,43)(H3,28,32,34,39)(H3,29,33,35,40)/t9-,10-,11+,14?,15?,16+,21-,22-,53?/m1/s1. The van der Waals surface area contributed by atoms with Crippen LogP contribution in [-0.4, -0.2) is 111 Å². The van der Waals surface area contributed by atoms with Crippen LogP contribution in [0.5, 0.6) is 0 Å². The van der Waals surface area contributed by atoms with Gasteiger partial charge in [-0.15, -0.1) is 0 Å². The van der Waals surface area contributed by atoms with Crippen molar-refractivity contribution in [3.05, 3.63) is 33.4 Å². The van der Waals surface area contributed by atoms with Gasteiger partial charge in [-0.3, -0.25) is 51.6 Å². The first kappa shape index (κ1) is 38.5. The predicted molar refractivity (Wildman–Crippen MR) is 181 cm³/mol. The number of aliphatic hydroxyl groups is 1. The van der Waals surface area contributed by atoms with Gasteiger partial charge < -0.3 is 35.7 Å². The number of aromatic nitrogens is 8. The van der Waals surface area contributed by atoms with Crippen LogP contribution in [0, 0.1) is 5.41 Å². The van der Waals surface area contributed by atoms with Gasteiger partial charge in [0.15, 0.2) is 41.0 Å². The van der Waals surface area contributed by atoms with Crippen molar-refractivity contribution >= 4 is 66.2 Å². The number of carbonyl (C=O) groups is 1. The summed E-state index contributed by atoms with van der Waals surface area (Å²) in [7, 11) is -5.24. The second-order valence-electron chi connectivity index (χ2n) is 13.2. The molecule has 0 saturated carbocycles. The quantitative estimate of drug-likeness (QED) is 0.0890. The van der Waals surface area contributed by atoms with Crippen molar-refractivity contribution in [3.8, 4) is 0 Å². The number of hydrogen-bond donors (Lipinski definition) is 6. The number of rotatable bonds is 5. The van der Waals surface area contributed by atoms with Crippen molar-refractivity contribution < 1.29 is 60.6 Å². The first-order valence-corrected chi connectivity index (χ1v) is 20.5. The number of halogens is 1. The molecule has 10 atom stereocenters. The molecule has 8 N–H and O–H groups in total. The zero-order chi connectivity index (χ0) is 38.9. The summed E-state index contributed by atoms with van der Waals surface area (Å²) in [4.78, 5) is 68.7. The number of aliphatic hydroxyl groups excluding tert-OH is 1. The number of imidazole rings is 2. The van der Waals surface area contributed by atoms with Crippen LogP contribution in [0.2, 0.25) is 0 Å². The molecule has 54 heavy (non-hydrogen) atoms. The normalized spacial score (nSPS) is 33.6. The molecule has 7 rings (SSSR count). The Morgan fingerprint density at radius 2 is 1.52 bits per heavy atom. The summed E-state index contributed by atoms with van der Waals surface area (Å²) in [5.74, 6) is -1.92. The molecule has 4 aromatic heterocycles. The number of fused-ring (bicyclic) bond motifs is 5. The van der Waals surface area contributed by atoms with E-state index in [1.807, 2.05) is 0 Å². The maximum absolute atomic E-state index is 16.3. The lowest BCUT2D eigenvalue weighted by Crippen LogP contribution is -2.35. The monoisotopic (exact) mass is 822 g/mol. The second-order valence-corrected chi connectivity index (χ2v) is 18.6. The lowest BCUT2D eigenvalue weighted by atomic mass is 9.98. The summed E-state index contributed by atoms with van der Waals surface area (Å²) in [5.41, 5.74) is 8.23. The highest BCUT2D eigenvalue weighted by molar-refractivity contribution is 8.55. The average molecular weight is 823 g/mol. The molecule has 3 saturated heterocycles. The summed E-state index contributed by atoms with van der Waals surface area (Å²) in [6.07, 6.45) is -12.1. The largest absolute Gasteiger partial charge is 0.472 e. The van der Waals surface area contributed by atoms with Gasteiger partial charge in [-0.05, 0) is 20.8 Å². The molecule has 24 nitrogen and oxygen atoms in total. The van der Waals surface area contributed by atoms with Gasteiger partial charge in [0.1, 0.15) is 36.5 Å². The molecule has 0 spiro atoms. The molecule has 3 aliphatic rings. The fourth-order valence-corrected chi connectivity index (χ4v) is 9.48. The Morgan fingerprint density at radius 1 is 0.963 bits per heavy atom. The molecule has 0 radical (unpaired) electrons. The Balaban J connectivity index is 1.25. The van der Waals surface area contributed by atoms with Gasteiger partial charge in [0.25, 0.3) is 11.1 Å². The van der Waals surface area contributed by atoms with Crippen molar-refractivity contribution in [3.63, 3.8) is 0 Å². The van der Waals surface area contributed by atoms with Crippen LogP contribution >= 0.6 is 26.0 Å². The summed E-state index contributed by atoms with van der Waals surface area (Å²) in [6, 6.07) is 0. The van der Waals surface area contributed by atoms with E-state index in [1.165, 1.54) is 0 Å². The third kappa shape index (κ3) is 7.31. The highest BCUT2D eigenvalue weighted by Crippen LogP contribution is 2.64. The van der Waals surface area contributed by atoms with E-state index in [4.69, 9.17) is 43.8 Å². The van der Waals surface area contributed by atoms with E-state index in [1.54, 1.807) is 20.8 Å². The molecule has 4 aromatic rings. The van der Waals surface area contributed by atoms with E-state index in [9.17, 15) is 33.5 Å². The molecule has 4 unspecified atom stereocenters. The van der Waals surface area contributed by atoms with Gasteiger partial charge in [-0.1, -0.05) is 0 Å². The second kappa shape index (κ2) is 14.0. The smallest absolute Gasteiger partial charge is 0.454 e. The number of esters is 1. The number of alkyl halides is 1. The highest BCUT2D eigenvalue weighted by atomic mass is 32.7. The van der Waals surface area contributed by atoms with E-state index in [-0.39, 0.29) is 34.2 Å². The maximum atomic E-state index is 16.3. The van der Waals surface area contributed by atoms with Gasteiger partial charge in [0.2, 0.25) is 11.9 Å². The Kier molecular flexibility index (Phi) is 10.0. The summed E-state index contributed by atoms with van der Waals surface area (Å²) >= 11 is 0.369. The number of aromatic amines is 2. The Morgan fingerprint density at radius 3 is 2.11 bits per heavy atom. The summed E-state index contributed by atoms with van der Waals surface area (Å²) in [5, 5.41) is 11.4. The first-order valence-electron chi connectivity index (χ1n) is 15.8. The summed E-state index contributed by atoms with van der Waals surface area (Å²) in [6.45, 7) is -1.70. The van der Waals surface area contributed by atoms with E-state index in [0.717, 1.165) is 21.8 Å². The number of carbonyl (C=O) groups excluding carboxylic acids is 1. The van der Waals surface area contributed by atoms with Crippen LogP contribution in [0.15, 0.2) is 22.2 Å². The van der Waals surface area contributed by atoms with Crippen molar-refractivity contribution in [2.24, 2.45) is 5.41 Å². The van der Waals surface area contributed by atoms with Crippen LogP contribution in [0.1, 0.15) is 33.2 Å². The molecule has 7 heterocycles. The molecule has 3 fully saturated rings. The predicted octanol–water partition coefficient (Wildman–Crippen LogP) is 0.217. The lowest BCUT2D eigenvalue weighted by molar-refractivity contribution is -0.150. The van der Waals surface area contributed by atoms with E-state index < -0.39 is 105 Å². The number of anilines is 2. The van der Waals surface area contributed by atoms with Gasteiger partial charge in [0, 0.05) is 11.4 Å². The number of nitrogen functional groups attached to an aromatic ring is 2. The minimum Gasteiger partial charge on any atom is -0.454 e. The lowest BCUT2D eigenvalue weighted by Gasteiger charge is -2.28. The Bertz CT molecular complexity index is 2320. The number of nitrogens with two attached hydrogens (primary N) is 2. The van der Waals surface area contributed by atoms with Crippen molar-refractivity contribution in [2.45, 2.75) is 69.9 Å². The van der Waals surface area contributed by atoms with Gasteiger partial charge in [-0.25, -0.2) is 23.5 Å². The van der Waals surface area contributed by atoms with E-state index in [0.29, 0.717) is 11.4 Å². The Labute approximate surface area is 304 Å². The number of phosphoric ester groups is 1. The van der Waals surface area contributed by atoms with Gasteiger partial charge >= 0.3 is 20.6 Å². The zero-order valence-corrected chi connectivity index (χ0v) is 30.8. The van der Waals surface area contributed by atoms with E-state index >= 15 is 4.39 Å². The third-order valence-corrected chi connectivity index (χ3v) is 12.7. The van der Waals surface area contributed by atoms with Crippen molar-refractivity contribution in [2.75, 3.05) is 30.6 Å². The minimum atomic E-state index is -5.24. The number of nitrogens with one attached hydrogen (secondary N) is 2. The zero-order valence-electron chi connectivity index (χ0n) is 28.2. The molecular weight excluding hydrogens is 789 g/mol. The molecule has 294 valence electrons. The number of ether oxygens (including phenoxy) is 3.